The molecule has 0 aromatic heterocycles. The van der Waals surface area contributed by atoms with Gasteiger partial charge in [0, 0.05) is 18.7 Å². The number of carbonyl (C=O) groups is 3. The number of hydrogen-bond acceptors (Lipinski definition) is 5. The first-order chi connectivity index (χ1) is 16.5. The van der Waals surface area contributed by atoms with Gasteiger partial charge in [0.1, 0.15) is 0 Å². The Balaban J connectivity index is 1.43. The van der Waals surface area contributed by atoms with Gasteiger partial charge in [-0.3, -0.25) is 19.3 Å². The van der Waals surface area contributed by atoms with Crippen molar-refractivity contribution >= 4 is 34.9 Å². The number of imide groups is 1. The third-order valence-electron chi connectivity index (χ3n) is 5.66. The molecule has 0 saturated carbocycles. The van der Waals surface area contributed by atoms with Crippen LogP contribution in [0.3, 0.4) is 0 Å². The highest BCUT2D eigenvalue weighted by atomic mass is 32.2. The molecule has 0 aliphatic carbocycles. The van der Waals surface area contributed by atoms with E-state index in [1.807, 2.05) is 13.8 Å². The van der Waals surface area contributed by atoms with Crippen LogP contribution in [0.2, 0.25) is 0 Å². The first-order valence-electron chi connectivity index (χ1n) is 11.0. The molecule has 2 aliphatic heterocycles. The lowest BCUT2D eigenvalue weighted by molar-refractivity contribution is -0.137. The van der Waals surface area contributed by atoms with Crippen LogP contribution < -0.4 is 0 Å². The second kappa shape index (κ2) is 9.87. The Bertz CT molecular complexity index is 1150. The number of hydrogen-bond donors (Lipinski definition) is 0. The topological polar surface area (TPSA) is 66.9 Å². The fraction of sp³-hybridized carbons (Fsp3) is 0.320. The molecule has 2 aromatic rings. The molecule has 2 fully saturated rings. The molecule has 4 rings (SSSR count). The van der Waals surface area contributed by atoms with E-state index >= 15 is 0 Å². The van der Waals surface area contributed by atoms with E-state index in [0.29, 0.717) is 29.8 Å². The second-order valence-corrected chi connectivity index (χ2v) is 9.55. The SMILES string of the molecule is CC1CN(C(=O)c2ccc(/C=C3\SC(=O)N(Cc4ccc(C(F)(F)F)cc4)C3=O)cc2)CC(C)O1. The third kappa shape index (κ3) is 5.76. The molecule has 6 nitrogen and oxygen atoms in total. The van der Waals surface area contributed by atoms with E-state index in [0.717, 1.165) is 28.8 Å². The molecule has 0 N–H and O–H groups in total. The van der Waals surface area contributed by atoms with E-state index < -0.39 is 22.9 Å². The molecule has 2 aromatic carbocycles. The van der Waals surface area contributed by atoms with Gasteiger partial charge >= 0.3 is 6.18 Å². The van der Waals surface area contributed by atoms with Crippen LogP contribution in [-0.2, 0) is 22.3 Å². The number of benzene rings is 2. The lowest BCUT2D eigenvalue weighted by Gasteiger charge is -2.35. The Morgan fingerprint density at radius 2 is 1.63 bits per heavy atom. The maximum absolute atomic E-state index is 12.8. The standard InChI is InChI=1S/C25H23F3N2O4S/c1-15-12-29(13-16(2)34-15)22(31)19-7-3-17(4-8-19)11-21-23(32)30(24(33)35-21)14-18-5-9-20(10-6-18)25(26,27)28/h3-11,15-16H,12-14H2,1-2H3/b21-11-. The van der Waals surface area contributed by atoms with Crippen LogP contribution >= 0.6 is 11.8 Å². The molecule has 184 valence electrons. The van der Waals surface area contributed by atoms with Gasteiger partial charge in [-0.2, -0.15) is 13.2 Å². The van der Waals surface area contributed by atoms with Crippen molar-refractivity contribution in [1.82, 2.24) is 9.80 Å². The van der Waals surface area contributed by atoms with Crippen molar-refractivity contribution < 1.29 is 32.3 Å². The molecule has 2 heterocycles. The van der Waals surface area contributed by atoms with Crippen LogP contribution in [0.25, 0.3) is 6.08 Å². The summed E-state index contributed by atoms with van der Waals surface area (Å²) in [5.41, 5.74) is 0.773. The summed E-state index contributed by atoms with van der Waals surface area (Å²) in [4.78, 5) is 40.9. The number of amides is 3. The smallest absolute Gasteiger partial charge is 0.372 e. The normalized spacial score (nSPS) is 22.3. The molecule has 2 aliphatic rings. The number of alkyl halides is 3. The van der Waals surface area contributed by atoms with E-state index in [-0.39, 0.29) is 29.6 Å². The zero-order valence-corrected chi connectivity index (χ0v) is 19.9. The van der Waals surface area contributed by atoms with Crippen molar-refractivity contribution in [1.29, 1.82) is 0 Å². The van der Waals surface area contributed by atoms with Gasteiger partial charge in [-0.05, 0) is 67.1 Å². The summed E-state index contributed by atoms with van der Waals surface area (Å²) in [7, 11) is 0. The van der Waals surface area contributed by atoms with Crippen molar-refractivity contribution in [2.45, 2.75) is 38.8 Å². The summed E-state index contributed by atoms with van der Waals surface area (Å²) in [6.45, 7) is 4.74. The van der Waals surface area contributed by atoms with Crippen LogP contribution in [-0.4, -0.2) is 52.2 Å². The number of thioether (sulfide) groups is 1. The molecule has 2 saturated heterocycles. The Labute approximate surface area is 204 Å². The first kappa shape index (κ1) is 25.0. The van der Waals surface area contributed by atoms with Crippen molar-refractivity contribution in [2.75, 3.05) is 13.1 Å². The van der Waals surface area contributed by atoms with Crippen molar-refractivity contribution in [3.05, 3.63) is 75.7 Å². The number of rotatable bonds is 4. The quantitative estimate of drug-likeness (QED) is 0.536. The van der Waals surface area contributed by atoms with E-state index in [1.54, 1.807) is 35.2 Å². The van der Waals surface area contributed by atoms with E-state index in [4.69, 9.17) is 4.74 Å². The van der Waals surface area contributed by atoms with Gasteiger partial charge in [0.25, 0.3) is 17.1 Å². The molecular weight excluding hydrogens is 481 g/mol. The van der Waals surface area contributed by atoms with Crippen LogP contribution in [0.15, 0.2) is 53.4 Å². The highest BCUT2D eigenvalue weighted by molar-refractivity contribution is 8.18. The summed E-state index contributed by atoms with van der Waals surface area (Å²) >= 11 is 0.766. The average molecular weight is 505 g/mol. The van der Waals surface area contributed by atoms with E-state index in [2.05, 4.69) is 0 Å². The van der Waals surface area contributed by atoms with Gasteiger partial charge in [-0.1, -0.05) is 24.3 Å². The minimum atomic E-state index is -4.46. The van der Waals surface area contributed by atoms with Crippen LogP contribution in [0.4, 0.5) is 18.0 Å². The number of carbonyl (C=O) groups excluding carboxylic acids is 3. The number of nitrogens with zero attached hydrogens (tertiary/aromatic N) is 2. The Morgan fingerprint density at radius 3 is 2.20 bits per heavy atom. The molecule has 0 radical (unpaired) electrons. The van der Waals surface area contributed by atoms with Gasteiger partial charge in [0.2, 0.25) is 0 Å². The largest absolute Gasteiger partial charge is 0.416 e. The zero-order chi connectivity index (χ0) is 25.3. The van der Waals surface area contributed by atoms with Crippen LogP contribution in [0, 0.1) is 0 Å². The summed E-state index contributed by atoms with van der Waals surface area (Å²) in [6.07, 6.45) is -2.98. The van der Waals surface area contributed by atoms with Gasteiger partial charge in [0.05, 0.1) is 29.2 Å². The summed E-state index contributed by atoms with van der Waals surface area (Å²) in [6, 6.07) is 11.1. The second-order valence-electron chi connectivity index (χ2n) is 8.55. The highest BCUT2D eigenvalue weighted by Crippen LogP contribution is 2.34. The Morgan fingerprint density at radius 1 is 1.03 bits per heavy atom. The third-order valence-corrected chi connectivity index (χ3v) is 6.57. The predicted molar refractivity (Wildman–Crippen MR) is 125 cm³/mol. The van der Waals surface area contributed by atoms with Crippen LogP contribution in [0.5, 0.6) is 0 Å². The molecule has 10 heteroatoms. The summed E-state index contributed by atoms with van der Waals surface area (Å²) in [5.74, 6) is -0.619. The monoisotopic (exact) mass is 504 g/mol. The van der Waals surface area contributed by atoms with Crippen molar-refractivity contribution in [3.63, 3.8) is 0 Å². The van der Waals surface area contributed by atoms with E-state index in [1.165, 1.54) is 12.1 Å². The first-order valence-corrected chi connectivity index (χ1v) is 11.8. The molecule has 3 amide bonds. The van der Waals surface area contributed by atoms with Crippen LogP contribution in [0.1, 0.15) is 40.9 Å². The summed E-state index contributed by atoms with van der Waals surface area (Å²) < 4.78 is 43.9. The molecule has 2 unspecified atom stereocenters. The predicted octanol–water partition coefficient (Wildman–Crippen LogP) is 5.19. The summed E-state index contributed by atoms with van der Waals surface area (Å²) in [5, 5.41) is -0.497. The highest BCUT2D eigenvalue weighted by Gasteiger charge is 2.35. The van der Waals surface area contributed by atoms with E-state index in [9.17, 15) is 27.6 Å². The number of halogens is 3. The maximum atomic E-state index is 12.8. The Hall–Kier alpha value is -3.11. The van der Waals surface area contributed by atoms with Gasteiger partial charge in [-0.25, -0.2) is 0 Å². The molecular formula is C25H23F3N2O4S. The van der Waals surface area contributed by atoms with Crippen molar-refractivity contribution in [2.24, 2.45) is 0 Å². The Kier molecular flexibility index (Phi) is 7.05. The fourth-order valence-electron chi connectivity index (χ4n) is 4.02. The minimum absolute atomic E-state index is 0.0415. The fourth-order valence-corrected chi connectivity index (χ4v) is 4.86. The maximum Gasteiger partial charge on any atom is 0.416 e. The molecule has 0 bridgehead atoms. The van der Waals surface area contributed by atoms with Crippen molar-refractivity contribution in [3.8, 4) is 0 Å². The lowest BCUT2D eigenvalue weighted by atomic mass is 10.1. The van der Waals surface area contributed by atoms with Gasteiger partial charge in [0.15, 0.2) is 0 Å². The molecule has 2 atom stereocenters. The number of morpholine rings is 1. The zero-order valence-electron chi connectivity index (χ0n) is 19.0. The number of ether oxygens (including phenoxy) is 1. The van der Waals surface area contributed by atoms with Gasteiger partial charge in [-0.15, -0.1) is 0 Å². The lowest BCUT2D eigenvalue weighted by Crippen LogP contribution is -2.48. The average Bonchev–Trinajstić information content (AvgIpc) is 3.05. The molecule has 0 spiro atoms. The minimum Gasteiger partial charge on any atom is -0.372 e. The molecule has 35 heavy (non-hydrogen) atoms. The van der Waals surface area contributed by atoms with Gasteiger partial charge < -0.3 is 9.64 Å².